The lowest BCUT2D eigenvalue weighted by Crippen LogP contribution is -2.36. The molecular formula is C15H22N2O2S. The molecule has 0 unspecified atom stereocenters. The molecule has 0 atom stereocenters. The number of fused-ring (bicyclic) bond motifs is 1. The molecule has 1 aromatic carbocycles. The van der Waals surface area contributed by atoms with Crippen molar-refractivity contribution in [1.82, 2.24) is 4.31 Å². The molecule has 3 rings (SSSR count). The monoisotopic (exact) mass is 294 g/mol. The van der Waals surface area contributed by atoms with Gasteiger partial charge in [0.15, 0.2) is 0 Å². The van der Waals surface area contributed by atoms with Gasteiger partial charge in [0.05, 0.1) is 4.90 Å². The normalized spacial score (nSPS) is 20.2. The summed E-state index contributed by atoms with van der Waals surface area (Å²) in [5, 5.41) is 3.36. The summed E-state index contributed by atoms with van der Waals surface area (Å²) in [5.74, 6) is 0. The van der Waals surface area contributed by atoms with Crippen LogP contribution in [0.3, 0.4) is 0 Å². The molecular weight excluding hydrogens is 272 g/mol. The van der Waals surface area contributed by atoms with E-state index in [1.54, 1.807) is 10.4 Å². The number of nitrogens with zero attached hydrogens (tertiary/aromatic N) is 1. The zero-order chi connectivity index (χ0) is 14.2. The lowest BCUT2D eigenvalue weighted by Gasteiger charge is -2.29. The highest BCUT2D eigenvalue weighted by Gasteiger charge is 2.30. The lowest BCUT2D eigenvalue weighted by molar-refractivity contribution is 0.346. The maximum absolute atomic E-state index is 12.9. The third-order valence-corrected chi connectivity index (χ3v) is 6.30. The van der Waals surface area contributed by atoms with Crippen molar-refractivity contribution in [3.63, 3.8) is 0 Å². The van der Waals surface area contributed by atoms with Crippen LogP contribution in [0.5, 0.6) is 0 Å². The Morgan fingerprint density at radius 2 is 1.85 bits per heavy atom. The van der Waals surface area contributed by atoms with Gasteiger partial charge in [-0.2, -0.15) is 4.31 Å². The Balaban J connectivity index is 2.05. The van der Waals surface area contributed by atoms with Crippen LogP contribution in [-0.4, -0.2) is 32.4 Å². The Morgan fingerprint density at radius 3 is 2.60 bits per heavy atom. The summed E-state index contributed by atoms with van der Waals surface area (Å²) < 4.78 is 27.4. The second-order valence-electron chi connectivity index (χ2n) is 5.73. The number of piperidine rings is 1. The van der Waals surface area contributed by atoms with Gasteiger partial charge in [0.2, 0.25) is 10.0 Å². The second-order valence-corrected chi connectivity index (χ2v) is 7.64. The molecule has 2 aliphatic heterocycles. The summed E-state index contributed by atoms with van der Waals surface area (Å²) >= 11 is 0. The van der Waals surface area contributed by atoms with Gasteiger partial charge < -0.3 is 5.32 Å². The number of benzene rings is 1. The molecule has 110 valence electrons. The van der Waals surface area contributed by atoms with E-state index in [1.165, 1.54) is 0 Å². The summed E-state index contributed by atoms with van der Waals surface area (Å²) in [6.07, 6.45) is 4.95. The Morgan fingerprint density at radius 1 is 1.10 bits per heavy atom. The van der Waals surface area contributed by atoms with E-state index in [4.69, 9.17) is 0 Å². The van der Waals surface area contributed by atoms with E-state index in [0.717, 1.165) is 55.5 Å². The maximum Gasteiger partial charge on any atom is 0.243 e. The standard InChI is InChI=1S/C15H22N2O2S/c1-12-7-8-14(13-6-5-9-16-15(12)13)20(18,19)17-10-3-2-4-11-17/h7-8,16H,2-6,9-11H2,1H3. The molecule has 4 nitrogen and oxygen atoms in total. The molecule has 2 aliphatic rings. The molecule has 0 aromatic heterocycles. The highest BCUT2D eigenvalue weighted by atomic mass is 32.2. The van der Waals surface area contributed by atoms with Gasteiger partial charge in [-0.1, -0.05) is 12.5 Å². The molecule has 0 amide bonds. The van der Waals surface area contributed by atoms with E-state index in [2.05, 4.69) is 5.32 Å². The van der Waals surface area contributed by atoms with Crippen LogP contribution in [0.4, 0.5) is 5.69 Å². The van der Waals surface area contributed by atoms with Crippen LogP contribution in [0, 0.1) is 6.92 Å². The summed E-state index contributed by atoms with van der Waals surface area (Å²) in [7, 11) is -3.33. The van der Waals surface area contributed by atoms with Gasteiger partial charge in [0.25, 0.3) is 0 Å². The Kier molecular flexibility index (Phi) is 3.73. The van der Waals surface area contributed by atoms with Crippen molar-refractivity contribution in [3.8, 4) is 0 Å². The molecule has 0 radical (unpaired) electrons. The fourth-order valence-corrected chi connectivity index (χ4v) is 4.98. The second kappa shape index (κ2) is 5.37. The first-order valence-electron chi connectivity index (χ1n) is 7.47. The van der Waals surface area contributed by atoms with Crippen LogP contribution in [-0.2, 0) is 16.4 Å². The van der Waals surface area contributed by atoms with Gasteiger partial charge in [-0.05, 0) is 49.8 Å². The highest BCUT2D eigenvalue weighted by Crippen LogP contribution is 2.33. The molecule has 0 spiro atoms. The van der Waals surface area contributed by atoms with Gasteiger partial charge in [0, 0.05) is 25.3 Å². The predicted molar refractivity (Wildman–Crippen MR) is 80.6 cm³/mol. The van der Waals surface area contributed by atoms with Crippen molar-refractivity contribution in [3.05, 3.63) is 23.3 Å². The van der Waals surface area contributed by atoms with E-state index in [0.29, 0.717) is 18.0 Å². The Labute approximate surface area is 121 Å². The zero-order valence-electron chi connectivity index (χ0n) is 12.0. The molecule has 1 saturated heterocycles. The number of hydrogen-bond acceptors (Lipinski definition) is 3. The van der Waals surface area contributed by atoms with Gasteiger partial charge in [-0.15, -0.1) is 0 Å². The number of anilines is 1. The van der Waals surface area contributed by atoms with E-state index in [-0.39, 0.29) is 0 Å². The molecule has 0 aliphatic carbocycles. The van der Waals surface area contributed by atoms with Crippen molar-refractivity contribution in [1.29, 1.82) is 0 Å². The molecule has 0 saturated carbocycles. The number of hydrogen-bond donors (Lipinski definition) is 1. The van der Waals surface area contributed by atoms with Crippen molar-refractivity contribution in [2.24, 2.45) is 0 Å². The number of aryl methyl sites for hydroxylation is 1. The van der Waals surface area contributed by atoms with Crippen LogP contribution in [0.1, 0.15) is 36.8 Å². The first-order valence-corrected chi connectivity index (χ1v) is 8.91. The quantitative estimate of drug-likeness (QED) is 0.912. The average molecular weight is 294 g/mol. The number of rotatable bonds is 2. The summed E-state index contributed by atoms with van der Waals surface area (Å²) in [4.78, 5) is 0.521. The van der Waals surface area contributed by atoms with Crippen LogP contribution in [0.2, 0.25) is 0 Å². The van der Waals surface area contributed by atoms with E-state index in [1.807, 2.05) is 13.0 Å². The average Bonchev–Trinajstić information content (AvgIpc) is 2.48. The zero-order valence-corrected chi connectivity index (χ0v) is 12.8. The summed E-state index contributed by atoms with van der Waals surface area (Å²) in [6.45, 7) is 4.30. The number of nitrogens with one attached hydrogen (secondary N) is 1. The third kappa shape index (κ3) is 2.33. The summed E-state index contributed by atoms with van der Waals surface area (Å²) in [5.41, 5.74) is 3.16. The van der Waals surface area contributed by atoms with Crippen LogP contribution in [0.15, 0.2) is 17.0 Å². The molecule has 1 fully saturated rings. The predicted octanol–water partition coefficient (Wildman–Crippen LogP) is 2.53. The van der Waals surface area contributed by atoms with Gasteiger partial charge in [-0.3, -0.25) is 0 Å². The molecule has 20 heavy (non-hydrogen) atoms. The van der Waals surface area contributed by atoms with Gasteiger partial charge in [0.1, 0.15) is 0 Å². The molecule has 1 N–H and O–H groups in total. The van der Waals surface area contributed by atoms with Crippen LogP contribution in [0.25, 0.3) is 0 Å². The maximum atomic E-state index is 12.9. The molecule has 1 aromatic rings. The summed E-state index contributed by atoms with van der Waals surface area (Å²) in [6, 6.07) is 3.72. The smallest absolute Gasteiger partial charge is 0.243 e. The lowest BCUT2D eigenvalue weighted by atomic mass is 10.00. The van der Waals surface area contributed by atoms with E-state index < -0.39 is 10.0 Å². The van der Waals surface area contributed by atoms with E-state index in [9.17, 15) is 8.42 Å². The van der Waals surface area contributed by atoms with Crippen molar-refractivity contribution in [2.45, 2.75) is 43.9 Å². The number of sulfonamides is 1. The minimum absolute atomic E-state index is 0.521. The molecule has 5 heteroatoms. The fourth-order valence-electron chi connectivity index (χ4n) is 3.20. The van der Waals surface area contributed by atoms with Crippen molar-refractivity contribution >= 4 is 15.7 Å². The minimum Gasteiger partial charge on any atom is -0.385 e. The molecule has 0 bridgehead atoms. The van der Waals surface area contributed by atoms with Crippen molar-refractivity contribution in [2.75, 3.05) is 25.0 Å². The SMILES string of the molecule is Cc1ccc(S(=O)(=O)N2CCCCC2)c2c1NCCC2. The highest BCUT2D eigenvalue weighted by molar-refractivity contribution is 7.89. The van der Waals surface area contributed by atoms with Gasteiger partial charge in [-0.25, -0.2) is 8.42 Å². The van der Waals surface area contributed by atoms with E-state index >= 15 is 0 Å². The van der Waals surface area contributed by atoms with Crippen LogP contribution < -0.4 is 5.32 Å². The first-order chi connectivity index (χ1) is 9.60. The third-order valence-electron chi connectivity index (χ3n) is 4.32. The topological polar surface area (TPSA) is 49.4 Å². The van der Waals surface area contributed by atoms with Gasteiger partial charge >= 0.3 is 0 Å². The minimum atomic E-state index is -3.33. The fraction of sp³-hybridized carbons (Fsp3) is 0.600. The Hall–Kier alpha value is -1.07. The van der Waals surface area contributed by atoms with Crippen molar-refractivity contribution < 1.29 is 8.42 Å². The Bertz CT molecular complexity index is 605. The van der Waals surface area contributed by atoms with Crippen LogP contribution >= 0.6 is 0 Å². The largest absolute Gasteiger partial charge is 0.385 e. The first kappa shape index (κ1) is 13.9. The molecule has 2 heterocycles.